The van der Waals surface area contributed by atoms with E-state index >= 15 is 0 Å². The van der Waals surface area contributed by atoms with Crippen molar-refractivity contribution in [1.29, 1.82) is 0 Å². The van der Waals surface area contributed by atoms with Gasteiger partial charge in [0.25, 0.3) is 5.91 Å². The van der Waals surface area contributed by atoms with Crippen molar-refractivity contribution in [2.45, 2.75) is 0 Å². The van der Waals surface area contributed by atoms with E-state index in [2.05, 4.69) is 27.8 Å². The van der Waals surface area contributed by atoms with Gasteiger partial charge in [0.1, 0.15) is 0 Å². The Labute approximate surface area is 158 Å². The molecule has 4 rings (SSSR count). The first-order chi connectivity index (χ1) is 13.2. The van der Waals surface area contributed by atoms with E-state index in [1.807, 2.05) is 35.7 Å². The minimum atomic E-state index is -0.439. The van der Waals surface area contributed by atoms with Crippen LogP contribution in [0.15, 0.2) is 70.7 Å². The lowest BCUT2D eigenvalue weighted by Crippen LogP contribution is -2.32. The zero-order valence-corrected chi connectivity index (χ0v) is 15.0. The molecule has 2 amide bonds. The van der Waals surface area contributed by atoms with E-state index < -0.39 is 5.91 Å². The van der Waals surface area contributed by atoms with Crippen LogP contribution in [0.4, 0.5) is 5.13 Å². The standard InChI is InChI=1S/C20H15N3O3S/c24-18(11-21-19(25)17-9-4-10-26-17)23-20-22-16(12-27-20)15-8-3-6-13-5-1-2-7-14(13)15/h1-10,12H,11H2,(H,21,25)(H,22,23,24). The number of rotatable bonds is 5. The smallest absolute Gasteiger partial charge is 0.287 e. The van der Waals surface area contributed by atoms with Crippen LogP contribution in [0.25, 0.3) is 22.0 Å². The first kappa shape index (κ1) is 17.0. The number of nitrogens with one attached hydrogen (secondary N) is 2. The van der Waals surface area contributed by atoms with Crippen LogP contribution in [0.2, 0.25) is 0 Å². The second-order valence-electron chi connectivity index (χ2n) is 5.77. The molecule has 2 aromatic carbocycles. The van der Waals surface area contributed by atoms with Gasteiger partial charge in [0.15, 0.2) is 10.9 Å². The number of aromatic nitrogens is 1. The van der Waals surface area contributed by atoms with Crippen molar-refractivity contribution < 1.29 is 14.0 Å². The Hall–Kier alpha value is -3.45. The molecule has 134 valence electrons. The lowest BCUT2D eigenvalue weighted by molar-refractivity contribution is -0.115. The molecular weight excluding hydrogens is 362 g/mol. The predicted octanol–water partition coefficient (Wildman–Crippen LogP) is 3.92. The Morgan fingerprint density at radius 1 is 1.04 bits per heavy atom. The molecule has 7 heteroatoms. The van der Waals surface area contributed by atoms with Crippen molar-refractivity contribution in [3.8, 4) is 11.3 Å². The van der Waals surface area contributed by atoms with E-state index in [4.69, 9.17) is 4.42 Å². The lowest BCUT2D eigenvalue weighted by atomic mass is 10.0. The van der Waals surface area contributed by atoms with E-state index in [0.717, 1.165) is 22.0 Å². The summed E-state index contributed by atoms with van der Waals surface area (Å²) in [6.45, 7) is -0.164. The first-order valence-corrected chi connectivity index (χ1v) is 9.14. The number of amides is 2. The largest absolute Gasteiger partial charge is 0.459 e. The molecule has 0 aliphatic carbocycles. The molecule has 0 fully saturated rings. The molecule has 0 atom stereocenters. The van der Waals surface area contributed by atoms with Gasteiger partial charge in [-0.2, -0.15) is 0 Å². The molecule has 0 unspecified atom stereocenters. The van der Waals surface area contributed by atoms with Gasteiger partial charge in [0, 0.05) is 10.9 Å². The highest BCUT2D eigenvalue weighted by molar-refractivity contribution is 7.14. The van der Waals surface area contributed by atoms with Crippen LogP contribution in [-0.4, -0.2) is 23.3 Å². The van der Waals surface area contributed by atoms with Gasteiger partial charge in [0.2, 0.25) is 5.91 Å². The molecule has 0 aliphatic heterocycles. The summed E-state index contributed by atoms with van der Waals surface area (Å²) in [5, 5.41) is 9.83. The SMILES string of the molecule is O=C(CNC(=O)c1ccco1)Nc1nc(-c2cccc3ccccc23)cs1. The summed E-state index contributed by atoms with van der Waals surface area (Å²) in [4.78, 5) is 28.3. The quantitative estimate of drug-likeness (QED) is 0.552. The third-order valence-corrected chi connectivity index (χ3v) is 4.73. The van der Waals surface area contributed by atoms with Crippen LogP contribution < -0.4 is 10.6 Å². The molecule has 2 heterocycles. The van der Waals surface area contributed by atoms with Crippen molar-refractivity contribution in [3.63, 3.8) is 0 Å². The lowest BCUT2D eigenvalue weighted by Gasteiger charge is -2.04. The maximum Gasteiger partial charge on any atom is 0.287 e. The van der Waals surface area contributed by atoms with Crippen molar-refractivity contribution in [2.24, 2.45) is 0 Å². The fourth-order valence-corrected chi connectivity index (χ4v) is 3.45. The summed E-state index contributed by atoms with van der Waals surface area (Å²) in [5.41, 5.74) is 1.81. The molecule has 27 heavy (non-hydrogen) atoms. The summed E-state index contributed by atoms with van der Waals surface area (Å²) >= 11 is 1.34. The average molecular weight is 377 g/mol. The normalized spacial score (nSPS) is 10.7. The molecule has 0 radical (unpaired) electrons. The Bertz CT molecular complexity index is 1100. The fourth-order valence-electron chi connectivity index (χ4n) is 2.72. The Morgan fingerprint density at radius 3 is 2.74 bits per heavy atom. The highest BCUT2D eigenvalue weighted by Gasteiger charge is 2.13. The molecule has 4 aromatic rings. The minimum Gasteiger partial charge on any atom is -0.459 e. The first-order valence-electron chi connectivity index (χ1n) is 8.26. The van der Waals surface area contributed by atoms with Crippen molar-refractivity contribution >= 4 is 39.1 Å². The van der Waals surface area contributed by atoms with Crippen molar-refractivity contribution in [3.05, 3.63) is 72.0 Å². The second kappa shape index (κ2) is 7.43. The van der Waals surface area contributed by atoms with Gasteiger partial charge in [0.05, 0.1) is 18.5 Å². The molecule has 2 N–H and O–H groups in total. The monoisotopic (exact) mass is 377 g/mol. The van der Waals surface area contributed by atoms with E-state index in [0.29, 0.717) is 5.13 Å². The van der Waals surface area contributed by atoms with Crippen LogP contribution in [0.5, 0.6) is 0 Å². The molecule has 0 aliphatic rings. The number of benzene rings is 2. The summed E-state index contributed by atoms with van der Waals surface area (Å²) in [5.74, 6) is -0.630. The van der Waals surface area contributed by atoms with Gasteiger partial charge in [-0.3, -0.25) is 9.59 Å². The minimum absolute atomic E-state index is 0.162. The second-order valence-corrected chi connectivity index (χ2v) is 6.63. The van der Waals surface area contributed by atoms with Gasteiger partial charge in [-0.25, -0.2) is 4.98 Å². The maximum atomic E-state index is 12.1. The van der Waals surface area contributed by atoms with Crippen molar-refractivity contribution in [2.75, 3.05) is 11.9 Å². The molecule has 0 bridgehead atoms. The number of furan rings is 1. The molecular formula is C20H15N3O3S. The highest BCUT2D eigenvalue weighted by Crippen LogP contribution is 2.30. The zero-order chi connectivity index (χ0) is 18.6. The molecule has 0 saturated carbocycles. The number of fused-ring (bicyclic) bond motifs is 1. The number of hydrogen-bond acceptors (Lipinski definition) is 5. The van der Waals surface area contributed by atoms with E-state index in [1.165, 1.54) is 23.7 Å². The van der Waals surface area contributed by atoms with E-state index in [1.54, 1.807) is 6.07 Å². The van der Waals surface area contributed by atoms with E-state index in [9.17, 15) is 9.59 Å². The molecule has 0 spiro atoms. The molecule has 0 saturated heterocycles. The number of anilines is 1. The Kier molecular flexibility index (Phi) is 4.67. The molecule has 2 aromatic heterocycles. The Balaban J connectivity index is 1.43. The fraction of sp³-hybridized carbons (Fsp3) is 0.0500. The van der Waals surface area contributed by atoms with Crippen LogP contribution in [0.1, 0.15) is 10.6 Å². The highest BCUT2D eigenvalue weighted by atomic mass is 32.1. The summed E-state index contributed by atoms with van der Waals surface area (Å²) in [6.07, 6.45) is 1.40. The summed E-state index contributed by atoms with van der Waals surface area (Å²) < 4.78 is 4.98. The number of nitrogens with zero attached hydrogens (tertiary/aromatic N) is 1. The van der Waals surface area contributed by atoms with E-state index in [-0.39, 0.29) is 18.2 Å². The summed E-state index contributed by atoms with van der Waals surface area (Å²) in [7, 11) is 0. The number of hydrogen-bond donors (Lipinski definition) is 2. The molecule has 6 nitrogen and oxygen atoms in total. The summed E-state index contributed by atoms with van der Waals surface area (Å²) in [6, 6.07) is 17.3. The third-order valence-electron chi connectivity index (χ3n) is 3.97. The number of carbonyl (C=O) groups is 2. The maximum absolute atomic E-state index is 12.1. The van der Waals surface area contributed by atoms with Gasteiger partial charge in [-0.1, -0.05) is 42.5 Å². The number of carbonyl (C=O) groups excluding carboxylic acids is 2. The van der Waals surface area contributed by atoms with Gasteiger partial charge >= 0.3 is 0 Å². The van der Waals surface area contributed by atoms with Gasteiger partial charge < -0.3 is 15.1 Å². The van der Waals surface area contributed by atoms with Crippen LogP contribution in [0, 0.1) is 0 Å². The van der Waals surface area contributed by atoms with Gasteiger partial charge in [-0.05, 0) is 22.9 Å². The number of thiazole rings is 1. The van der Waals surface area contributed by atoms with Crippen LogP contribution in [0.3, 0.4) is 0 Å². The Morgan fingerprint density at radius 2 is 1.89 bits per heavy atom. The third kappa shape index (κ3) is 3.73. The van der Waals surface area contributed by atoms with Crippen molar-refractivity contribution in [1.82, 2.24) is 10.3 Å². The predicted molar refractivity (Wildman–Crippen MR) is 105 cm³/mol. The topological polar surface area (TPSA) is 84.2 Å². The zero-order valence-electron chi connectivity index (χ0n) is 14.1. The average Bonchev–Trinajstić information content (AvgIpc) is 3.38. The van der Waals surface area contributed by atoms with Gasteiger partial charge in [-0.15, -0.1) is 11.3 Å². The van der Waals surface area contributed by atoms with Crippen LogP contribution >= 0.6 is 11.3 Å². The van der Waals surface area contributed by atoms with Crippen LogP contribution in [-0.2, 0) is 4.79 Å².